The van der Waals surface area contributed by atoms with Gasteiger partial charge in [-0.25, -0.2) is 9.97 Å². The number of aromatic nitrogens is 2. The van der Waals surface area contributed by atoms with Crippen LogP contribution < -0.4 is 10.6 Å². The van der Waals surface area contributed by atoms with Crippen LogP contribution in [-0.2, 0) is 0 Å². The fourth-order valence-electron chi connectivity index (χ4n) is 6.78. The lowest BCUT2D eigenvalue weighted by atomic mass is 9.61. The molecular weight excluding hydrogens is 418 g/mol. The van der Waals surface area contributed by atoms with Crippen LogP contribution in [-0.4, -0.2) is 29.0 Å². The topological polar surface area (TPSA) is 62.2 Å². The highest BCUT2D eigenvalue weighted by atomic mass is 15.2. The fraction of sp³-hybridized carbons (Fsp3) is 0.621. The number of nitrogens with zero attached hydrogens (tertiary/aromatic N) is 3. The average molecular weight is 460 g/mol. The van der Waals surface area contributed by atoms with Crippen LogP contribution in [0.2, 0.25) is 0 Å². The van der Waals surface area contributed by atoms with Crippen LogP contribution in [0.4, 0.5) is 5.69 Å². The smallest absolute Gasteiger partial charge is 0.195 e. The first-order chi connectivity index (χ1) is 16.3. The van der Waals surface area contributed by atoms with Crippen LogP contribution in [0, 0.1) is 10.8 Å². The van der Waals surface area contributed by atoms with Crippen LogP contribution in [0.1, 0.15) is 102 Å². The van der Waals surface area contributed by atoms with E-state index in [0.29, 0.717) is 22.7 Å². The van der Waals surface area contributed by atoms with Crippen molar-refractivity contribution in [3.8, 4) is 11.3 Å². The second-order valence-electron chi connectivity index (χ2n) is 12.3. The Morgan fingerprint density at radius 2 is 1.59 bits per heavy atom. The van der Waals surface area contributed by atoms with Gasteiger partial charge in [-0.3, -0.25) is 4.99 Å². The molecule has 5 nitrogen and oxygen atoms in total. The van der Waals surface area contributed by atoms with Gasteiger partial charge in [-0.2, -0.15) is 0 Å². The lowest BCUT2D eigenvalue weighted by molar-refractivity contribution is 0.0954. The van der Waals surface area contributed by atoms with Crippen molar-refractivity contribution in [3.05, 3.63) is 41.9 Å². The standard InChI is InChI=1S/C29H41N5/c1-28(2)17-22(18-29(3,4)19-28)25-16-24(33-26(34-25)21-8-6-5-7-9-21)20-10-12-23(13-11-20)32-27-30-14-15-31-27/h10-13,16,21-22H,5-9,14-15,17-19H2,1-4H3,(H2,30,31,32). The summed E-state index contributed by atoms with van der Waals surface area (Å²) in [5.41, 5.74) is 5.24. The molecule has 0 amide bonds. The van der Waals surface area contributed by atoms with E-state index in [2.05, 4.69) is 73.7 Å². The highest BCUT2D eigenvalue weighted by molar-refractivity contribution is 5.94. The van der Waals surface area contributed by atoms with Gasteiger partial charge in [0, 0.05) is 35.3 Å². The molecule has 2 N–H and O–H groups in total. The van der Waals surface area contributed by atoms with E-state index in [0.717, 1.165) is 36.3 Å². The molecule has 0 atom stereocenters. The van der Waals surface area contributed by atoms with Gasteiger partial charge in [0.2, 0.25) is 0 Å². The number of hydrogen-bond acceptors (Lipinski definition) is 5. The van der Waals surface area contributed by atoms with E-state index >= 15 is 0 Å². The van der Waals surface area contributed by atoms with Crippen LogP contribution in [0.5, 0.6) is 0 Å². The fourth-order valence-corrected chi connectivity index (χ4v) is 6.78. The van der Waals surface area contributed by atoms with E-state index in [-0.39, 0.29) is 0 Å². The van der Waals surface area contributed by atoms with E-state index in [1.54, 1.807) is 0 Å². The molecule has 0 bridgehead atoms. The van der Waals surface area contributed by atoms with E-state index in [1.807, 2.05) is 0 Å². The molecule has 34 heavy (non-hydrogen) atoms. The number of guanidine groups is 1. The molecule has 2 heterocycles. The van der Waals surface area contributed by atoms with Crippen molar-refractivity contribution in [1.82, 2.24) is 15.3 Å². The zero-order valence-electron chi connectivity index (χ0n) is 21.5. The quantitative estimate of drug-likeness (QED) is 0.523. The first-order valence-corrected chi connectivity index (χ1v) is 13.3. The largest absolute Gasteiger partial charge is 0.354 e. The summed E-state index contributed by atoms with van der Waals surface area (Å²) < 4.78 is 0. The predicted molar refractivity (Wildman–Crippen MR) is 141 cm³/mol. The molecule has 5 rings (SSSR count). The minimum absolute atomic E-state index is 0.340. The van der Waals surface area contributed by atoms with E-state index in [9.17, 15) is 0 Å². The summed E-state index contributed by atoms with van der Waals surface area (Å²) in [4.78, 5) is 14.9. The van der Waals surface area contributed by atoms with Gasteiger partial charge in [-0.1, -0.05) is 59.1 Å². The van der Waals surface area contributed by atoms with E-state index < -0.39 is 0 Å². The second kappa shape index (κ2) is 9.31. The third-order valence-electron chi connectivity index (χ3n) is 7.82. The maximum atomic E-state index is 5.28. The molecular formula is C29H41N5. The van der Waals surface area contributed by atoms with Gasteiger partial charge in [-0.15, -0.1) is 0 Å². The first-order valence-electron chi connectivity index (χ1n) is 13.3. The minimum atomic E-state index is 0.340. The highest BCUT2D eigenvalue weighted by Crippen LogP contribution is 2.51. The summed E-state index contributed by atoms with van der Waals surface area (Å²) in [5.74, 6) is 2.94. The molecule has 2 aromatic rings. The maximum Gasteiger partial charge on any atom is 0.195 e. The second-order valence-corrected chi connectivity index (χ2v) is 12.3. The molecule has 0 spiro atoms. The minimum Gasteiger partial charge on any atom is -0.354 e. The van der Waals surface area contributed by atoms with Gasteiger partial charge >= 0.3 is 0 Å². The van der Waals surface area contributed by atoms with Crippen LogP contribution in [0.25, 0.3) is 11.3 Å². The Balaban J connectivity index is 1.47. The summed E-state index contributed by atoms with van der Waals surface area (Å²) in [7, 11) is 0. The molecule has 0 saturated heterocycles. The van der Waals surface area contributed by atoms with Crippen molar-refractivity contribution in [2.75, 3.05) is 18.4 Å². The molecule has 0 unspecified atom stereocenters. The number of hydrogen-bond donors (Lipinski definition) is 2. The summed E-state index contributed by atoms with van der Waals surface area (Å²) >= 11 is 0. The number of benzene rings is 1. The SMILES string of the molecule is CC1(C)CC(c2cc(-c3ccc(NC4=NCCN4)cc3)nc(C3CCCCC3)n2)CC(C)(C)C1. The van der Waals surface area contributed by atoms with Gasteiger partial charge in [0.1, 0.15) is 5.82 Å². The third kappa shape index (κ3) is 5.45. The zero-order valence-corrected chi connectivity index (χ0v) is 21.5. The molecule has 1 aromatic heterocycles. The normalized spacial score (nSPS) is 22.8. The molecule has 5 heteroatoms. The predicted octanol–water partition coefficient (Wildman–Crippen LogP) is 6.88. The number of nitrogens with one attached hydrogen (secondary N) is 2. The van der Waals surface area contributed by atoms with Crippen molar-refractivity contribution >= 4 is 11.6 Å². The van der Waals surface area contributed by atoms with Crippen molar-refractivity contribution in [2.45, 2.75) is 90.9 Å². The van der Waals surface area contributed by atoms with Gasteiger partial charge in [0.25, 0.3) is 0 Å². The maximum absolute atomic E-state index is 5.28. The highest BCUT2D eigenvalue weighted by Gasteiger charge is 2.39. The number of rotatable bonds is 4. The molecule has 0 radical (unpaired) electrons. The summed E-state index contributed by atoms with van der Waals surface area (Å²) in [6, 6.07) is 10.9. The van der Waals surface area contributed by atoms with Crippen LogP contribution >= 0.6 is 0 Å². The Morgan fingerprint density at radius 3 is 2.24 bits per heavy atom. The average Bonchev–Trinajstić information content (AvgIpc) is 3.31. The Kier molecular flexibility index (Phi) is 6.39. The lowest BCUT2D eigenvalue weighted by Crippen LogP contribution is -2.33. The Labute approximate surface area is 205 Å². The van der Waals surface area contributed by atoms with E-state index in [4.69, 9.17) is 9.97 Å². The number of aliphatic imine (C=N–C) groups is 1. The monoisotopic (exact) mass is 459 g/mol. The Bertz CT molecular complexity index is 1010. The summed E-state index contributed by atoms with van der Waals surface area (Å²) in [5, 5.41) is 6.64. The van der Waals surface area contributed by atoms with Crippen molar-refractivity contribution in [2.24, 2.45) is 15.8 Å². The van der Waals surface area contributed by atoms with Crippen LogP contribution in [0.15, 0.2) is 35.3 Å². The van der Waals surface area contributed by atoms with Gasteiger partial charge in [-0.05, 0) is 61.1 Å². The number of anilines is 1. The molecule has 2 aliphatic carbocycles. The van der Waals surface area contributed by atoms with Crippen molar-refractivity contribution in [3.63, 3.8) is 0 Å². The molecule has 1 aliphatic heterocycles. The van der Waals surface area contributed by atoms with Gasteiger partial charge < -0.3 is 10.6 Å². The van der Waals surface area contributed by atoms with Crippen LogP contribution in [0.3, 0.4) is 0 Å². The van der Waals surface area contributed by atoms with E-state index in [1.165, 1.54) is 62.6 Å². The Morgan fingerprint density at radius 1 is 0.882 bits per heavy atom. The van der Waals surface area contributed by atoms with Crippen molar-refractivity contribution in [1.29, 1.82) is 0 Å². The molecule has 3 aliphatic rings. The Hall–Kier alpha value is -2.43. The molecule has 1 aromatic carbocycles. The molecule has 182 valence electrons. The van der Waals surface area contributed by atoms with Gasteiger partial charge in [0.05, 0.1) is 12.2 Å². The third-order valence-corrected chi connectivity index (χ3v) is 7.82. The molecule has 2 fully saturated rings. The van der Waals surface area contributed by atoms with Gasteiger partial charge in [0.15, 0.2) is 5.96 Å². The molecule has 2 saturated carbocycles. The zero-order chi connectivity index (χ0) is 23.8. The summed E-state index contributed by atoms with van der Waals surface area (Å²) in [6.07, 6.45) is 10.1. The van der Waals surface area contributed by atoms with Crippen molar-refractivity contribution < 1.29 is 0 Å². The lowest BCUT2D eigenvalue weighted by Gasteiger charge is -2.45. The summed E-state index contributed by atoms with van der Waals surface area (Å²) in [6.45, 7) is 11.5. The first kappa shape index (κ1) is 23.3.